The normalized spacial score (nSPS) is 15.7. The number of amides is 2. The summed E-state index contributed by atoms with van der Waals surface area (Å²) in [4.78, 5) is 30.6. The molecule has 4 aromatic rings. The van der Waals surface area contributed by atoms with Crippen LogP contribution in [0.3, 0.4) is 0 Å². The fraction of sp³-hybridized carbons (Fsp3) is 0.323. The van der Waals surface area contributed by atoms with Crippen LogP contribution in [0.25, 0.3) is 21.5 Å². The number of aromatic nitrogens is 1. The van der Waals surface area contributed by atoms with Crippen molar-refractivity contribution in [3.8, 4) is 0 Å². The molecule has 7 nitrogen and oxygen atoms in total. The maximum atomic E-state index is 13.5. The molecule has 38 heavy (non-hydrogen) atoms. The summed E-state index contributed by atoms with van der Waals surface area (Å²) in [6.45, 7) is 0.189. The average Bonchev–Trinajstić information content (AvgIpc) is 2.96. The number of fused-ring (bicyclic) bond motifs is 2. The number of nitrogens with two attached hydrogens (primary N) is 1. The lowest BCUT2D eigenvalue weighted by molar-refractivity contribution is -0.129. The number of nitrogens with zero attached hydrogens (tertiary/aromatic N) is 1. The van der Waals surface area contributed by atoms with Crippen LogP contribution in [0.1, 0.15) is 49.4 Å². The first-order valence-corrected chi connectivity index (χ1v) is 13.5. The quantitative estimate of drug-likeness (QED) is 0.254. The molecule has 0 radical (unpaired) electrons. The van der Waals surface area contributed by atoms with Gasteiger partial charge in [-0.1, -0.05) is 73.9 Å². The molecule has 2 atom stereocenters. The van der Waals surface area contributed by atoms with Gasteiger partial charge in [-0.3, -0.25) is 14.6 Å². The molecule has 1 aliphatic carbocycles. The Balaban J connectivity index is 1.32. The number of carbonyl (C=O) groups is 2. The van der Waals surface area contributed by atoms with Gasteiger partial charge in [0.2, 0.25) is 11.8 Å². The van der Waals surface area contributed by atoms with Gasteiger partial charge in [-0.2, -0.15) is 0 Å². The van der Waals surface area contributed by atoms with Gasteiger partial charge >= 0.3 is 0 Å². The van der Waals surface area contributed by atoms with Gasteiger partial charge in [0.25, 0.3) is 0 Å². The van der Waals surface area contributed by atoms with Crippen molar-refractivity contribution in [1.29, 1.82) is 0 Å². The molecule has 0 spiro atoms. The van der Waals surface area contributed by atoms with E-state index in [1.54, 1.807) is 12.4 Å². The Morgan fingerprint density at radius 3 is 2.58 bits per heavy atom. The van der Waals surface area contributed by atoms with Crippen molar-refractivity contribution in [3.05, 3.63) is 90.3 Å². The Labute approximate surface area is 223 Å². The van der Waals surface area contributed by atoms with E-state index in [2.05, 4.69) is 20.9 Å². The third-order valence-corrected chi connectivity index (χ3v) is 7.43. The van der Waals surface area contributed by atoms with Gasteiger partial charge < -0.3 is 21.7 Å². The highest BCUT2D eigenvalue weighted by molar-refractivity contribution is 5.91. The van der Waals surface area contributed by atoms with Crippen LogP contribution in [-0.2, 0) is 16.0 Å². The van der Waals surface area contributed by atoms with E-state index in [0.29, 0.717) is 12.5 Å². The smallest absolute Gasteiger partial charge is 0.244 e. The third-order valence-electron chi connectivity index (χ3n) is 7.43. The number of hydrogen-bond acceptors (Lipinski definition) is 5. The van der Waals surface area contributed by atoms with E-state index in [9.17, 15) is 9.59 Å². The second-order valence-corrected chi connectivity index (χ2v) is 10.1. The van der Waals surface area contributed by atoms with Gasteiger partial charge in [-0.25, -0.2) is 0 Å². The summed E-state index contributed by atoms with van der Waals surface area (Å²) in [6.07, 6.45) is 8.97. The molecule has 1 fully saturated rings. The molecule has 0 aliphatic heterocycles. The Kier molecular flexibility index (Phi) is 8.26. The molecule has 5 rings (SSSR count). The van der Waals surface area contributed by atoms with Gasteiger partial charge in [0.15, 0.2) is 0 Å². The summed E-state index contributed by atoms with van der Waals surface area (Å²) in [5.74, 6) is -0.506. The molecule has 3 aromatic carbocycles. The molecular formula is C31H35N5O2. The Morgan fingerprint density at radius 2 is 1.71 bits per heavy atom. The second kappa shape index (κ2) is 12.2. The maximum Gasteiger partial charge on any atom is 0.244 e. The van der Waals surface area contributed by atoms with Crippen LogP contribution in [0.5, 0.6) is 0 Å². The average molecular weight is 510 g/mol. The number of benzene rings is 3. The molecular weight excluding hydrogens is 474 g/mol. The molecule has 2 amide bonds. The van der Waals surface area contributed by atoms with Crippen LogP contribution < -0.4 is 21.7 Å². The van der Waals surface area contributed by atoms with E-state index >= 15 is 0 Å². The maximum absolute atomic E-state index is 13.5. The van der Waals surface area contributed by atoms with E-state index in [0.717, 1.165) is 45.5 Å². The third kappa shape index (κ3) is 6.36. The molecule has 7 heteroatoms. The largest absolute Gasteiger partial charge is 0.343 e. The highest BCUT2D eigenvalue weighted by Crippen LogP contribution is 2.21. The van der Waals surface area contributed by atoms with E-state index in [1.807, 2.05) is 66.7 Å². The van der Waals surface area contributed by atoms with E-state index in [-0.39, 0.29) is 18.4 Å². The molecule has 5 N–H and O–H groups in total. The Bertz CT molecular complexity index is 1410. The summed E-state index contributed by atoms with van der Waals surface area (Å²) >= 11 is 0. The Morgan fingerprint density at radius 1 is 0.895 bits per heavy atom. The van der Waals surface area contributed by atoms with Gasteiger partial charge in [0.05, 0.1) is 6.54 Å². The van der Waals surface area contributed by atoms with Crippen molar-refractivity contribution in [2.75, 3.05) is 6.54 Å². The van der Waals surface area contributed by atoms with Crippen molar-refractivity contribution >= 4 is 33.4 Å². The topological polar surface area (TPSA) is 109 Å². The number of hydrogen-bond donors (Lipinski definition) is 4. The fourth-order valence-electron chi connectivity index (χ4n) is 5.32. The first-order chi connectivity index (χ1) is 18.6. The van der Waals surface area contributed by atoms with E-state index in [4.69, 9.17) is 5.73 Å². The van der Waals surface area contributed by atoms with Crippen molar-refractivity contribution in [3.63, 3.8) is 0 Å². The summed E-state index contributed by atoms with van der Waals surface area (Å²) in [5.41, 5.74) is 8.20. The van der Waals surface area contributed by atoms with Crippen molar-refractivity contribution in [2.45, 2.75) is 56.8 Å². The van der Waals surface area contributed by atoms with Crippen LogP contribution >= 0.6 is 0 Å². The zero-order valence-electron chi connectivity index (χ0n) is 21.5. The minimum Gasteiger partial charge on any atom is -0.343 e. The zero-order chi connectivity index (χ0) is 26.3. The standard InChI is InChI=1S/C31H35N5O2/c32-30(24-13-14-25-19-33-16-15-22(25)17-24)36-31(38)28(35-29(37)20-34-26-10-2-1-3-11-26)18-23-9-6-8-21-7-4-5-12-27(21)23/h4-9,12-17,19,26,28,30,34H,1-3,10-11,18,20,32H2,(H,35,37)(H,36,38)/t28-,30?/m0/s1. The van der Waals surface area contributed by atoms with Gasteiger partial charge in [-0.15, -0.1) is 0 Å². The van der Waals surface area contributed by atoms with Crippen molar-refractivity contribution in [1.82, 2.24) is 20.9 Å². The van der Waals surface area contributed by atoms with Crippen LogP contribution in [0.15, 0.2) is 79.1 Å². The molecule has 1 saturated carbocycles. The molecule has 1 unspecified atom stereocenters. The highest BCUT2D eigenvalue weighted by atomic mass is 16.2. The number of nitrogens with one attached hydrogen (secondary N) is 3. The van der Waals surface area contributed by atoms with Crippen LogP contribution in [0, 0.1) is 0 Å². The number of rotatable bonds is 9. The van der Waals surface area contributed by atoms with Gasteiger partial charge in [0.1, 0.15) is 12.2 Å². The molecule has 1 aliphatic rings. The highest BCUT2D eigenvalue weighted by Gasteiger charge is 2.24. The SMILES string of the molecule is NC(NC(=O)[C@H](Cc1cccc2ccccc12)NC(=O)CNC1CCCCC1)c1ccc2cnccc2c1. The summed E-state index contributed by atoms with van der Waals surface area (Å²) in [7, 11) is 0. The molecule has 0 saturated heterocycles. The summed E-state index contributed by atoms with van der Waals surface area (Å²) in [6, 6.07) is 21.4. The lowest BCUT2D eigenvalue weighted by Crippen LogP contribution is -2.52. The number of carbonyl (C=O) groups excluding carboxylic acids is 2. The predicted octanol–water partition coefficient (Wildman–Crippen LogP) is 4.11. The van der Waals surface area contributed by atoms with Crippen LogP contribution in [0.4, 0.5) is 0 Å². The van der Waals surface area contributed by atoms with Crippen LogP contribution in [0.2, 0.25) is 0 Å². The monoisotopic (exact) mass is 509 g/mol. The fourth-order valence-corrected chi connectivity index (χ4v) is 5.32. The summed E-state index contributed by atoms with van der Waals surface area (Å²) < 4.78 is 0. The molecule has 0 bridgehead atoms. The van der Waals surface area contributed by atoms with Crippen molar-refractivity contribution in [2.24, 2.45) is 5.73 Å². The minimum absolute atomic E-state index is 0.189. The lowest BCUT2D eigenvalue weighted by atomic mass is 9.95. The van der Waals surface area contributed by atoms with Gasteiger partial charge in [-0.05, 0) is 52.3 Å². The second-order valence-electron chi connectivity index (χ2n) is 10.1. The zero-order valence-corrected chi connectivity index (χ0v) is 21.5. The van der Waals surface area contributed by atoms with Gasteiger partial charge in [0, 0.05) is 30.2 Å². The van der Waals surface area contributed by atoms with Crippen LogP contribution in [-0.4, -0.2) is 35.4 Å². The number of pyridine rings is 1. The van der Waals surface area contributed by atoms with E-state index in [1.165, 1.54) is 19.3 Å². The lowest BCUT2D eigenvalue weighted by Gasteiger charge is -2.25. The first kappa shape index (κ1) is 25.8. The molecule has 1 heterocycles. The molecule has 196 valence electrons. The van der Waals surface area contributed by atoms with E-state index < -0.39 is 12.2 Å². The summed E-state index contributed by atoms with van der Waals surface area (Å²) in [5, 5.41) is 13.4. The predicted molar refractivity (Wildman–Crippen MR) is 151 cm³/mol. The Hall–Kier alpha value is -3.81. The van der Waals surface area contributed by atoms with Crippen molar-refractivity contribution < 1.29 is 9.59 Å². The first-order valence-electron chi connectivity index (χ1n) is 13.5. The molecule has 1 aromatic heterocycles. The minimum atomic E-state index is -0.767.